The summed E-state index contributed by atoms with van der Waals surface area (Å²) in [7, 11) is -2.81. The quantitative estimate of drug-likeness (QED) is 0.654. The molecule has 0 bridgehead atoms. The van der Waals surface area contributed by atoms with Gasteiger partial charge >= 0.3 is 0 Å². The molecule has 1 atom stereocenters. The first-order valence-corrected chi connectivity index (χ1v) is 9.81. The van der Waals surface area contributed by atoms with Crippen molar-refractivity contribution in [2.45, 2.75) is 4.90 Å². The van der Waals surface area contributed by atoms with Crippen LogP contribution in [0, 0.1) is 11.8 Å². The van der Waals surface area contributed by atoms with Gasteiger partial charge in [0.2, 0.25) is 0 Å². The minimum atomic E-state index is -2.81. The van der Waals surface area contributed by atoms with E-state index in [1.165, 1.54) is 12.5 Å². The number of rotatable bonds is 2. The second-order valence-corrected chi connectivity index (χ2v) is 7.85. The van der Waals surface area contributed by atoms with Crippen LogP contribution in [-0.2, 0) is 9.73 Å². The Labute approximate surface area is 153 Å². The van der Waals surface area contributed by atoms with Crippen LogP contribution in [0.1, 0.15) is 21.5 Å². The molecule has 0 saturated heterocycles. The van der Waals surface area contributed by atoms with E-state index in [-0.39, 0.29) is 5.56 Å². The van der Waals surface area contributed by atoms with Crippen LogP contribution in [0.3, 0.4) is 0 Å². The van der Waals surface area contributed by atoms with Crippen LogP contribution >= 0.6 is 0 Å². The minimum absolute atomic E-state index is 0.260. The van der Waals surface area contributed by atoms with Crippen molar-refractivity contribution in [1.82, 2.24) is 4.98 Å². The van der Waals surface area contributed by atoms with Crippen LogP contribution in [-0.4, -0.2) is 21.4 Å². The molecule has 0 fully saturated rings. The molecule has 0 spiro atoms. The van der Waals surface area contributed by atoms with Gasteiger partial charge in [-0.2, -0.15) is 4.36 Å². The average Bonchev–Trinajstić information content (AvgIpc) is 2.68. The third-order valence-electron chi connectivity index (χ3n) is 3.55. The van der Waals surface area contributed by atoms with Gasteiger partial charge in [0.15, 0.2) is 0 Å². The number of pyridine rings is 1. The van der Waals surface area contributed by atoms with E-state index in [9.17, 15) is 9.00 Å². The third-order valence-corrected chi connectivity index (χ3v) is 5.21. The summed E-state index contributed by atoms with van der Waals surface area (Å²) < 4.78 is 16.6. The average molecular weight is 360 g/mol. The van der Waals surface area contributed by atoms with Crippen molar-refractivity contribution >= 4 is 15.6 Å². The molecule has 3 aromatic rings. The number of hydrogen-bond donors (Lipinski definition) is 0. The van der Waals surface area contributed by atoms with Crippen molar-refractivity contribution in [2.24, 2.45) is 4.36 Å². The number of nitrogens with zero attached hydrogens (tertiary/aromatic N) is 2. The second kappa shape index (κ2) is 7.77. The van der Waals surface area contributed by atoms with Crippen molar-refractivity contribution in [3.05, 3.63) is 95.8 Å². The van der Waals surface area contributed by atoms with Crippen molar-refractivity contribution in [3.63, 3.8) is 0 Å². The number of carbonyl (C=O) groups excluding carboxylic acids is 1. The Morgan fingerprint density at radius 1 is 0.923 bits per heavy atom. The zero-order valence-electron chi connectivity index (χ0n) is 14.1. The normalized spacial score (nSPS) is 12.3. The van der Waals surface area contributed by atoms with E-state index < -0.39 is 15.6 Å². The molecule has 5 heteroatoms. The predicted molar refractivity (Wildman–Crippen MR) is 102 cm³/mol. The Morgan fingerprint density at radius 2 is 1.54 bits per heavy atom. The maximum Gasteiger partial charge on any atom is 0.286 e. The molecule has 0 radical (unpaired) electrons. The van der Waals surface area contributed by atoms with Gasteiger partial charge in [-0.15, -0.1) is 0 Å². The summed E-state index contributed by atoms with van der Waals surface area (Å²) in [4.78, 5) is 17.0. The molecule has 1 heterocycles. The van der Waals surface area contributed by atoms with E-state index in [0.717, 1.165) is 5.56 Å². The lowest BCUT2D eigenvalue weighted by atomic mass is 10.2. The molecule has 1 aromatic heterocycles. The van der Waals surface area contributed by atoms with Crippen LogP contribution in [0.2, 0.25) is 0 Å². The molecule has 4 nitrogen and oxygen atoms in total. The van der Waals surface area contributed by atoms with Gasteiger partial charge in [0.05, 0.1) is 15.3 Å². The van der Waals surface area contributed by atoms with Gasteiger partial charge in [-0.3, -0.25) is 9.78 Å². The van der Waals surface area contributed by atoms with Crippen molar-refractivity contribution in [2.75, 3.05) is 6.26 Å². The first-order valence-electron chi connectivity index (χ1n) is 7.88. The topological polar surface area (TPSA) is 59.4 Å². The smallest absolute Gasteiger partial charge is 0.266 e. The Morgan fingerprint density at radius 3 is 2.23 bits per heavy atom. The molecule has 0 aliphatic rings. The number of benzene rings is 2. The third kappa shape index (κ3) is 4.44. The van der Waals surface area contributed by atoms with Gasteiger partial charge in [-0.25, -0.2) is 4.21 Å². The molecule has 128 valence electrons. The van der Waals surface area contributed by atoms with Crippen molar-refractivity contribution < 1.29 is 9.00 Å². The van der Waals surface area contributed by atoms with Crippen LogP contribution < -0.4 is 0 Å². The Bertz CT molecular complexity index is 1100. The van der Waals surface area contributed by atoms with E-state index in [4.69, 9.17) is 0 Å². The van der Waals surface area contributed by atoms with Gasteiger partial charge < -0.3 is 0 Å². The number of carbonyl (C=O) groups is 1. The zero-order chi connectivity index (χ0) is 18.4. The summed E-state index contributed by atoms with van der Waals surface area (Å²) in [5, 5.41) is 0. The molecular weight excluding hydrogens is 344 g/mol. The fourth-order valence-corrected chi connectivity index (χ4v) is 3.42. The SMILES string of the molecule is C[S@](=O)(=NC(=O)c1cncc(C#Cc2ccccc2)c1)c1ccccc1. The lowest BCUT2D eigenvalue weighted by molar-refractivity contribution is 0.100. The Balaban J connectivity index is 1.89. The maximum absolute atomic E-state index is 12.7. The Hall–Kier alpha value is -3.23. The summed E-state index contributed by atoms with van der Waals surface area (Å²) in [5.74, 6) is 5.41. The largest absolute Gasteiger partial charge is 0.286 e. The summed E-state index contributed by atoms with van der Waals surface area (Å²) in [6.45, 7) is 0. The highest BCUT2D eigenvalue weighted by atomic mass is 32.2. The summed E-state index contributed by atoms with van der Waals surface area (Å²) in [5.41, 5.74) is 1.72. The van der Waals surface area contributed by atoms with Crippen LogP contribution in [0.5, 0.6) is 0 Å². The van der Waals surface area contributed by atoms with Crippen molar-refractivity contribution in [3.8, 4) is 11.8 Å². The molecule has 3 rings (SSSR count). The summed E-state index contributed by atoms with van der Waals surface area (Å²) in [6, 6.07) is 19.9. The number of hydrogen-bond acceptors (Lipinski definition) is 3. The molecule has 0 aliphatic carbocycles. The molecule has 0 aliphatic heterocycles. The Kier molecular flexibility index (Phi) is 5.26. The van der Waals surface area contributed by atoms with Gasteiger partial charge in [0.1, 0.15) is 0 Å². The minimum Gasteiger partial charge on any atom is -0.266 e. The molecule has 26 heavy (non-hydrogen) atoms. The van der Waals surface area contributed by atoms with Gasteiger partial charge in [0, 0.05) is 34.7 Å². The number of amides is 1. The fraction of sp³-hybridized carbons (Fsp3) is 0.0476. The molecule has 0 N–H and O–H groups in total. The van der Waals surface area contributed by atoms with Crippen molar-refractivity contribution in [1.29, 1.82) is 0 Å². The van der Waals surface area contributed by atoms with Gasteiger partial charge in [-0.05, 0) is 30.3 Å². The second-order valence-electron chi connectivity index (χ2n) is 5.59. The monoisotopic (exact) mass is 360 g/mol. The van der Waals surface area contributed by atoms with E-state index in [0.29, 0.717) is 10.5 Å². The predicted octanol–water partition coefficient (Wildman–Crippen LogP) is 3.78. The number of aromatic nitrogens is 1. The first-order chi connectivity index (χ1) is 12.5. The summed E-state index contributed by atoms with van der Waals surface area (Å²) >= 11 is 0. The molecule has 0 unspecified atom stereocenters. The molecular formula is C21H16N2O2S. The standard InChI is InChI=1S/C21H16N2O2S/c1-26(25,20-10-6-3-7-11-20)23-21(24)19-14-18(15-22-16-19)13-12-17-8-4-2-5-9-17/h2-11,14-16H,1H3/t26-/m1/s1. The van der Waals surface area contributed by atoms with Gasteiger partial charge in [-0.1, -0.05) is 48.2 Å². The maximum atomic E-state index is 12.7. The van der Waals surface area contributed by atoms with Gasteiger partial charge in [0.25, 0.3) is 5.91 Å². The van der Waals surface area contributed by atoms with E-state index in [1.54, 1.807) is 36.5 Å². The molecule has 1 amide bonds. The highest BCUT2D eigenvalue weighted by Crippen LogP contribution is 2.13. The highest BCUT2D eigenvalue weighted by molar-refractivity contribution is 7.93. The highest BCUT2D eigenvalue weighted by Gasteiger charge is 2.11. The van der Waals surface area contributed by atoms with Crippen LogP contribution in [0.4, 0.5) is 0 Å². The first kappa shape index (κ1) is 17.6. The summed E-state index contributed by atoms with van der Waals surface area (Å²) in [6.07, 6.45) is 4.43. The lowest BCUT2D eigenvalue weighted by Crippen LogP contribution is -2.04. The zero-order valence-corrected chi connectivity index (χ0v) is 14.9. The molecule has 0 saturated carbocycles. The van der Waals surface area contributed by atoms with Crippen LogP contribution in [0.25, 0.3) is 0 Å². The van der Waals surface area contributed by atoms with Crippen LogP contribution in [0.15, 0.2) is 88.4 Å². The van der Waals surface area contributed by atoms with E-state index in [1.807, 2.05) is 36.4 Å². The van der Waals surface area contributed by atoms with E-state index >= 15 is 0 Å². The fourth-order valence-electron chi connectivity index (χ4n) is 2.23. The van der Waals surface area contributed by atoms with E-state index in [2.05, 4.69) is 21.2 Å². The lowest BCUT2D eigenvalue weighted by Gasteiger charge is -2.03. The molecule has 2 aromatic carbocycles.